The molecule has 0 bridgehead atoms. The SMILES string of the molecule is CNc1cc(F)cc2c1Cc1nc(Oc3cnc(N4CCCC4=O)nc3)nc(N3C[C@H](N)C4(CC4)C3)c1-2. The van der Waals surface area contributed by atoms with Gasteiger partial charge in [0.2, 0.25) is 11.9 Å². The number of hydrogen-bond donors (Lipinski definition) is 2. The van der Waals surface area contributed by atoms with Crippen molar-refractivity contribution in [1.29, 1.82) is 0 Å². The minimum absolute atomic E-state index is 0.0227. The number of halogens is 1. The molecule has 2 saturated heterocycles. The van der Waals surface area contributed by atoms with Gasteiger partial charge in [-0.15, -0.1) is 0 Å². The summed E-state index contributed by atoms with van der Waals surface area (Å²) in [5, 5.41) is 3.11. The van der Waals surface area contributed by atoms with E-state index >= 15 is 0 Å². The third-order valence-electron chi connectivity index (χ3n) is 8.08. The molecule has 37 heavy (non-hydrogen) atoms. The Balaban J connectivity index is 1.26. The Hall–Kier alpha value is -3.86. The lowest BCUT2D eigenvalue weighted by Crippen LogP contribution is -2.30. The van der Waals surface area contributed by atoms with Crippen molar-refractivity contribution in [3.8, 4) is 22.9 Å². The first-order valence-corrected chi connectivity index (χ1v) is 12.7. The van der Waals surface area contributed by atoms with Gasteiger partial charge in [-0.25, -0.2) is 14.4 Å². The van der Waals surface area contributed by atoms with Gasteiger partial charge in [-0.05, 0) is 42.5 Å². The molecule has 1 spiro atoms. The molecule has 190 valence electrons. The average molecular weight is 503 g/mol. The molecule has 1 saturated carbocycles. The molecule has 7 rings (SSSR count). The summed E-state index contributed by atoms with van der Waals surface area (Å²) in [4.78, 5) is 34.0. The van der Waals surface area contributed by atoms with E-state index in [-0.39, 0.29) is 29.2 Å². The molecule has 3 aromatic rings. The van der Waals surface area contributed by atoms with Gasteiger partial charge in [0.05, 0.1) is 18.1 Å². The van der Waals surface area contributed by atoms with Crippen LogP contribution < -0.4 is 25.6 Å². The maximum atomic E-state index is 14.6. The van der Waals surface area contributed by atoms with Crippen LogP contribution in [0.3, 0.4) is 0 Å². The summed E-state index contributed by atoms with van der Waals surface area (Å²) in [6, 6.07) is 3.30. The number of rotatable bonds is 5. The first-order valence-electron chi connectivity index (χ1n) is 12.7. The van der Waals surface area contributed by atoms with Gasteiger partial charge in [0.15, 0.2) is 5.75 Å². The first kappa shape index (κ1) is 22.3. The third-order valence-corrected chi connectivity index (χ3v) is 8.08. The highest BCUT2D eigenvalue weighted by atomic mass is 19.1. The number of nitrogens with zero attached hydrogens (tertiary/aromatic N) is 6. The Morgan fingerprint density at radius 3 is 2.70 bits per heavy atom. The van der Waals surface area contributed by atoms with Crippen LogP contribution in [0, 0.1) is 11.2 Å². The van der Waals surface area contributed by atoms with Crippen LogP contribution >= 0.6 is 0 Å². The smallest absolute Gasteiger partial charge is 0.324 e. The van der Waals surface area contributed by atoms with Gasteiger partial charge in [-0.3, -0.25) is 9.69 Å². The maximum absolute atomic E-state index is 14.6. The van der Waals surface area contributed by atoms with Crippen LogP contribution in [0.5, 0.6) is 11.8 Å². The maximum Gasteiger partial charge on any atom is 0.324 e. The minimum atomic E-state index is -0.312. The number of amides is 1. The normalized spacial score (nSPS) is 20.9. The number of ether oxygens (including phenoxy) is 1. The fraction of sp³-hybridized carbons (Fsp3) is 0.423. The van der Waals surface area contributed by atoms with Crippen LogP contribution in [0.2, 0.25) is 0 Å². The van der Waals surface area contributed by atoms with Crippen LogP contribution in [-0.2, 0) is 11.2 Å². The second kappa shape index (κ2) is 8.07. The molecular weight excluding hydrogens is 475 g/mol. The Kier molecular flexibility index (Phi) is 4.87. The second-order valence-electron chi connectivity index (χ2n) is 10.4. The number of nitrogens with two attached hydrogens (primary N) is 1. The number of carbonyl (C=O) groups is 1. The molecule has 2 aliphatic carbocycles. The first-order chi connectivity index (χ1) is 17.9. The van der Waals surface area contributed by atoms with Gasteiger partial charge >= 0.3 is 6.01 Å². The summed E-state index contributed by atoms with van der Waals surface area (Å²) < 4.78 is 20.6. The lowest BCUT2D eigenvalue weighted by atomic mass is 10.0. The highest BCUT2D eigenvalue weighted by Crippen LogP contribution is 2.54. The third kappa shape index (κ3) is 3.59. The lowest BCUT2D eigenvalue weighted by Gasteiger charge is -2.21. The summed E-state index contributed by atoms with van der Waals surface area (Å²) in [5.41, 5.74) is 10.8. The van der Waals surface area contributed by atoms with Crippen molar-refractivity contribution in [3.63, 3.8) is 0 Å². The highest BCUT2D eigenvalue weighted by Gasteiger charge is 2.54. The summed E-state index contributed by atoms with van der Waals surface area (Å²) >= 11 is 0. The zero-order valence-electron chi connectivity index (χ0n) is 20.5. The second-order valence-corrected chi connectivity index (χ2v) is 10.4. The standard InChI is InChI=1S/C26H27FN8O2/c1-29-18-8-14(27)7-17-16(18)9-19-22(17)23(34-12-20(28)26(13-34)4-5-26)33-25(32-19)37-15-10-30-24(31-11-15)35-6-2-3-21(35)36/h7-8,10-11,20,29H,2-6,9,12-13,28H2,1H3/t20-/m0/s1. The highest BCUT2D eigenvalue weighted by molar-refractivity contribution is 5.93. The van der Waals surface area contributed by atoms with Gasteiger partial charge in [0.25, 0.3) is 0 Å². The monoisotopic (exact) mass is 502 g/mol. The molecule has 10 nitrogen and oxygen atoms in total. The van der Waals surface area contributed by atoms with E-state index in [9.17, 15) is 9.18 Å². The number of hydrogen-bond acceptors (Lipinski definition) is 9. The zero-order valence-corrected chi connectivity index (χ0v) is 20.5. The minimum Gasteiger partial charge on any atom is -0.421 e. The number of fused-ring (bicyclic) bond motifs is 3. The van der Waals surface area contributed by atoms with Gasteiger partial charge in [-0.2, -0.15) is 9.97 Å². The topological polar surface area (TPSA) is 122 Å². The van der Waals surface area contributed by atoms with Crippen LogP contribution in [0.15, 0.2) is 24.5 Å². The van der Waals surface area contributed by atoms with Gasteiger partial charge < -0.3 is 20.7 Å². The predicted molar refractivity (Wildman–Crippen MR) is 135 cm³/mol. The van der Waals surface area contributed by atoms with E-state index in [1.165, 1.54) is 18.5 Å². The van der Waals surface area contributed by atoms with Gasteiger partial charge in [0, 0.05) is 62.2 Å². The van der Waals surface area contributed by atoms with Crippen molar-refractivity contribution in [3.05, 3.63) is 41.6 Å². The fourth-order valence-corrected chi connectivity index (χ4v) is 5.90. The molecule has 4 aliphatic rings. The summed E-state index contributed by atoms with van der Waals surface area (Å²) in [6.07, 6.45) is 7.12. The quantitative estimate of drug-likeness (QED) is 0.424. The summed E-state index contributed by atoms with van der Waals surface area (Å²) in [7, 11) is 1.79. The summed E-state index contributed by atoms with van der Waals surface area (Å²) in [5.74, 6) is 1.16. The van der Waals surface area contributed by atoms with Crippen molar-refractivity contribution in [2.24, 2.45) is 11.1 Å². The predicted octanol–water partition coefficient (Wildman–Crippen LogP) is 2.87. The average Bonchev–Trinajstić information content (AvgIpc) is 3.22. The van der Waals surface area contributed by atoms with E-state index in [1.807, 2.05) is 0 Å². The Bertz CT molecular complexity index is 1430. The molecular formula is C26H27FN8O2. The van der Waals surface area contributed by atoms with E-state index in [1.54, 1.807) is 18.0 Å². The number of aromatic nitrogens is 4. The number of carbonyl (C=O) groups excluding carboxylic acids is 1. The zero-order chi connectivity index (χ0) is 25.3. The lowest BCUT2D eigenvalue weighted by molar-refractivity contribution is -0.117. The van der Waals surface area contributed by atoms with E-state index in [2.05, 4.69) is 20.2 Å². The van der Waals surface area contributed by atoms with Crippen LogP contribution in [0.1, 0.15) is 36.9 Å². The molecule has 3 N–H and O–H groups in total. The Labute approximate surface area is 213 Å². The molecule has 0 unspecified atom stereocenters. The van der Waals surface area contributed by atoms with Crippen LogP contribution in [0.25, 0.3) is 11.1 Å². The van der Waals surface area contributed by atoms with E-state index in [0.717, 1.165) is 53.9 Å². The van der Waals surface area contributed by atoms with Crippen molar-refractivity contribution in [1.82, 2.24) is 19.9 Å². The molecule has 1 aromatic carbocycles. The molecule has 3 fully saturated rings. The molecule has 11 heteroatoms. The van der Waals surface area contributed by atoms with Crippen LogP contribution in [0.4, 0.5) is 21.8 Å². The molecule has 2 aromatic heterocycles. The van der Waals surface area contributed by atoms with Crippen molar-refractivity contribution in [2.75, 3.05) is 41.8 Å². The van der Waals surface area contributed by atoms with Crippen molar-refractivity contribution >= 4 is 23.4 Å². The fourth-order valence-electron chi connectivity index (χ4n) is 5.90. The van der Waals surface area contributed by atoms with Crippen molar-refractivity contribution < 1.29 is 13.9 Å². The summed E-state index contributed by atoms with van der Waals surface area (Å²) in [6.45, 7) is 2.10. The number of nitrogens with one attached hydrogen (secondary N) is 1. The number of anilines is 3. The Morgan fingerprint density at radius 1 is 1.22 bits per heavy atom. The van der Waals surface area contributed by atoms with E-state index < -0.39 is 0 Å². The molecule has 4 heterocycles. The number of benzene rings is 1. The van der Waals surface area contributed by atoms with Crippen molar-refractivity contribution in [2.45, 2.75) is 38.1 Å². The van der Waals surface area contributed by atoms with E-state index in [4.69, 9.17) is 20.4 Å². The van der Waals surface area contributed by atoms with E-state index in [0.29, 0.717) is 43.4 Å². The Morgan fingerprint density at radius 2 is 2.03 bits per heavy atom. The molecule has 0 radical (unpaired) electrons. The largest absolute Gasteiger partial charge is 0.421 e. The van der Waals surface area contributed by atoms with Gasteiger partial charge in [0.1, 0.15) is 11.6 Å². The van der Waals surface area contributed by atoms with Gasteiger partial charge in [-0.1, -0.05) is 0 Å². The molecule has 1 atom stereocenters. The van der Waals surface area contributed by atoms with Crippen LogP contribution in [-0.4, -0.2) is 58.6 Å². The molecule has 1 amide bonds. The molecule has 2 aliphatic heterocycles.